The number of fused-ring (bicyclic) bond motifs is 3. The first-order valence-electron chi connectivity index (χ1n) is 24.6. The fourth-order valence-electron chi connectivity index (χ4n) is 8.72. The van der Waals surface area contributed by atoms with E-state index in [-0.39, 0.29) is 5.75 Å². The van der Waals surface area contributed by atoms with Gasteiger partial charge in [-0.05, 0) is 55.5 Å². The number of hydrogen-bond acceptors (Lipinski definition) is 18. The van der Waals surface area contributed by atoms with Gasteiger partial charge in [0.15, 0.2) is 11.3 Å². The number of hydrogen-bond donors (Lipinski definition) is 3. The number of thiazole rings is 1. The monoisotopic (exact) mass is 1110 g/mol. The summed E-state index contributed by atoms with van der Waals surface area (Å²) in [7, 11) is 0. The van der Waals surface area contributed by atoms with Crippen molar-refractivity contribution in [2.45, 2.75) is 26.6 Å². The average molecular weight is 1110 g/mol. The van der Waals surface area contributed by atoms with E-state index in [0.717, 1.165) is 120 Å². The molecule has 0 unspecified atom stereocenters. The van der Waals surface area contributed by atoms with Crippen LogP contribution in [-0.4, -0.2) is 130 Å². The van der Waals surface area contributed by atoms with Gasteiger partial charge in [-0.2, -0.15) is 10.2 Å². The molecule has 2 aliphatic rings. The number of anilines is 2. The number of rotatable bonds is 13. The minimum atomic E-state index is -0.450. The maximum absolute atomic E-state index is 14.3. The lowest BCUT2D eigenvalue weighted by Crippen LogP contribution is -2.38. The zero-order valence-electron chi connectivity index (χ0n) is 41.5. The summed E-state index contributed by atoms with van der Waals surface area (Å²) in [5.74, 6) is 1.87. The fraction of sp³-hybridized carbons (Fsp3) is 0.259. The van der Waals surface area contributed by atoms with Gasteiger partial charge in [-0.25, -0.2) is 38.7 Å². The molecule has 0 radical (unpaired) electrons. The highest BCUT2D eigenvalue weighted by Crippen LogP contribution is 2.34. The highest BCUT2D eigenvalue weighted by atomic mass is 79.9. The molecule has 2 saturated heterocycles. The van der Waals surface area contributed by atoms with Crippen molar-refractivity contribution < 1.29 is 28.4 Å². The van der Waals surface area contributed by atoms with Gasteiger partial charge < -0.3 is 35.5 Å². The lowest BCUT2D eigenvalue weighted by molar-refractivity contribution is 0.0360. The van der Waals surface area contributed by atoms with Gasteiger partial charge in [-0.15, -0.1) is 11.3 Å². The van der Waals surface area contributed by atoms with E-state index in [9.17, 15) is 9.50 Å². The van der Waals surface area contributed by atoms with Gasteiger partial charge in [-0.1, -0.05) is 46.3 Å². The number of nitrogens with zero attached hydrogens (tertiary/aromatic N) is 12. The summed E-state index contributed by atoms with van der Waals surface area (Å²) >= 11 is 5.00. The topological polar surface area (TPSA) is 229 Å². The molecule has 19 nitrogen and oxygen atoms in total. The van der Waals surface area contributed by atoms with Crippen LogP contribution in [0.1, 0.15) is 9.88 Å². The predicted octanol–water partition coefficient (Wildman–Crippen LogP) is 8.79. The van der Waals surface area contributed by atoms with Crippen LogP contribution in [0.4, 0.5) is 16.0 Å². The normalized spacial score (nSPS) is 14.0. The Kier molecular flexibility index (Phi) is 16.5. The van der Waals surface area contributed by atoms with E-state index in [1.54, 1.807) is 42.7 Å². The number of pyridine rings is 1. The van der Waals surface area contributed by atoms with E-state index in [2.05, 4.69) is 55.6 Å². The molecule has 0 saturated carbocycles. The second kappa shape index (κ2) is 24.3. The zero-order chi connectivity index (χ0) is 52.4. The van der Waals surface area contributed by atoms with Crippen LogP contribution in [0.3, 0.4) is 0 Å². The van der Waals surface area contributed by atoms with Crippen LogP contribution < -0.4 is 20.9 Å². The Bertz CT molecular complexity index is 3550. The fourth-order valence-corrected chi connectivity index (χ4v) is 9.69. The van der Waals surface area contributed by atoms with Gasteiger partial charge in [0.25, 0.3) is 0 Å². The summed E-state index contributed by atoms with van der Waals surface area (Å²) in [6.07, 6.45) is 6.38. The molecule has 2 fully saturated rings. The molecule has 10 aromatic rings. The van der Waals surface area contributed by atoms with Crippen molar-refractivity contribution >= 4 is 71.9 Å². The van der Waals surface area contributed by atoms with Crippen molar-refractivity contribution in [3.8, 4) is 45.5 Å². The van der Waals surface area contributed by atoms with Gasteiger partial charge in [0, 0.05) is 90.8 Å². The molecule has 0 aliphatic carbocycles. The van der Waals surface area contributed by atoms with Crippen molar-refractivity contribution in [1.29, 1.82) is 0 Å². The van der Waals surface area contributed by atoms with Crippen molar-refractivity contribution in [3.05, 3.63) is 142 Å². The summed E-state index contributed by atoms with van der Waals surface area (Å²) in [4.78, 5) is 31.2. The van der Waals surface area contributed by atoms with Crippen LogP contribution in [-0.2, 0) is 29.2 Å². The predicted molar refractivity (Wildman–Crippen MR) is 294 cm³/mol. The molecule has 2 aliphatic heterocycles. The molecule has 22 heteroatoms. The maximum Gasteiger partial charge on any atom is 0.164 e. The zero-order valence-corrected chi connectivity index (χ0v) is 43.9. The van der Waals surface area contributed by atoms with E-state index in [0.29, 0.717) is 64.3 Å². The molecule has 0 spiro atoms. The highest BCUT2D eigenvalue weighted by molar-refractivity contribution is 9.10. The summed E-state index contributed by atoms with van der Waals surface area (Å²) in [5.41, 5.74) is 17.9. The maximum atomic E-state index is 14.3. The Balaban J connectivity index is 0.000000153. The van der Waals surface area contributed by atoms with E-state index in [1.165, 1.54) is 36.1 Å². The number of nitrogen functional groups attached to an aromatic ring is 2. The van der Waals surface area contributed by atoms with Gasteiger partial charge in [0.05, 0.1) is 60.2 Å². The number of nitrogens with two attached hydrogens (primary N) is 2. The second-order valence-electron chi connectivity index (χ2n) is 17.7. The second-order valence-corrected chi connectivity index (χ2v) is 19.9. The summed E-state index contributed by atoms with van der Waals surface area (Å²) in [5, 5.41) is 22.4. The van der Waals surface area contributed by atoms with Crippen molar-refractivity contribution in [2.75, 3.05) is 77.2 Å². The number of aromatic hydroxyl groups is 1. The molecular formula is C54H54BrFN14O5S. The number of ether oxygens (including phenoxy) is 4. The molecule has 12 rings (SSSR count). The molecule has 6 aromatic heterocycles. The first-order chi connectivity index (χ1) is 37.1. The summed E-state index contributed by atoms with van der Waals surface area (Å²) in [6, 6.07) is 28.8. The molecule has 0 atom stereocenters. The van der Waals surface area contributed by atoms with Crippen molar-refractivity contribution in [1.82, 2.24) is 59.3 Å². The molecule has 76 heavy (non-hydrogen) atoms. The summed E-state index contributed by atoms with van der Waals surface area (Å²) < 4.78 is 41.7. The van der Waals surface area contributed by atoms with E-state index >= 15 is 0 Å². The molecule has 8 heterocycles. The van der Waals surface area contributed by atoms with Crippen LogP contribution in [0, 0.1) is 12.7 Å². The number of para-hydroxylation sites is 1. The van der Waals surface area contributed by atoms with Gasteiger partial charge in [0.1, 0.15) is 76.6 Å². The minimum Gasteiger partial charge on any atom is -0.506 e. The third-order valence-electron chi connectivity index (χ3n) is 12.6. The van der Waals surface area contributed by atoms with E-state index in [1.807, 2.05) is 70.9 Å². The Morgan fingerprint density at radius 3 is 1.79 bits per heavy atom. The first kappa shape index (κ1) is 51.7. The summed E-state index contributed by atoms with van der Waals surface area (Å²) in [6.45, 7) is 12.2. The number of morpholine rings is 2. The average Bonchev–Trinajstić information content (AvgIpc) is 4.16. The van der Waals surface area contributed by atoms with Gasteiger partial charge >= 0.3 is 0 Å². The van der Waals surface area contributed by atoms with Crippen LogP contribution in [0.2, 0.25) is 0 Å². The van der Waals surface area contributed by atoms with Crippen LogP contribution in [0.5, 0.6) is 23.0 Å². The lowest BCUT2D eigenvalue weighted by atomic mass is 10.1. The van der Waals surface area contributed by atoms with E-state index in [4.69, 9.17) is 40.6 Å². The van der Waals surface area contributed by atoms with Crippen LogP contribution >= 0.6 is 27.3 Å². The number of phenols is 1. The van der Waals surface area contributed by atoms with Gasteiger partial charge in [-0.3, -0.25) is 14.8 Å². The molecule has 5 N–H and O–H groups in total. The van der Waals surface area contributed by atoms with Crippen molar-refractivity contribution in [2.24, 2.45) is 0 Å². The minimum absolute atomic E-state index is 0.239. The lowest BCUT2D eigenvalue weighted by Gasteiger charge is -2.26. The third-order valence-corrected chi connectivity index (χ3v) is 14.0. The van der Waals surface area contributed by atoms with E-state index < -0.39 is 5.82 Å². The number of halogens is 2. The molecule has 0 bridgehead atoms. The standard InChI is InChI=1S/C28H28FN7O3S.C17H19BrN6O.C9H7NO/c1-18-31-15-24(40-18)16-38-22-12-20(29)13-23(14-22)39-21-4-2-19(3-5-21)26-25-27(30)32-17-33-28(25)36(34-26)7-6-35-8-10-37-11-9-35;18-13-3-1-12(2-4-13)15-14-16(19)20-11-21-17(14)24(22-15)6-5-23-7-9-25-10-8-23;11-8-5-1-3-7-4-2-6-10-9(7)8/h2-5,12-15,17H,6-11,16H2,1H3,(H2,30,32,33);1-4,11H,5-10H2,(H2,19,20,21);1-6,11H. The molecular weight excluding hydrogens is 1060 g/mol. The molecule has 0 amide bonds. The Hall–Kier alpha value is -7.73. The highest BCUT2D eigenvalue weighted by Gasteiger charge is 2.21. The number of phenolic OH excluding ortho intramolecular Hbond substituents is 1. The number of aryl methyl sites for hydroxylation is 1. The smallest absolute Gasteiger partial charge is 0.164 e. The third kappa shape index (κ3) is 12.7. The first-order valence-corrected chi connectivity index (χ1v) is 26.2. The largest absolute Gasteiger partial charge is 0.506 e. The Morgan fingerprint density at radius 2 is 1.22 bits per heavy atom. The molecule has 390 valence electrons. The Morgan fingerprint density at radius 1 is 0.658 bits per heavy atom. The molecule has 4 aromatic carbocycles. The van der Waals surface area contributed by atoms with Crippen molar-refractivity contribution in [3.63, 3.8) is 0 Å². The quantitative estimate of drug-likeness (QED) is 0.0980. The SMILES string of the molecule is Cc1ncc(COc2cc(F)cc(Oc3ccc(-c4nn(CCN5CCOCC5)c5ncnc(N)c45)cc3)c2)s1.Nc1ncnc2c1c(-c1ccc(Br)cc1)nn2CCN1CCOCC1.Oc1cccc2cccnc12. The van der Waals surface area contributed by atoms with Crippen LogP contribution in [0.15, 0.2) is 127 Å². The van der Waals surface area contributed by atoms with Gasteiger partial charge in [0.2, 0.25) is 0 Å². The Labute approximate surface area is 449 Å². The van der Waals surface area contributed by atoms with Crippen LogP contribution in [0.25, 0.3) is 55.5 Å². The number of aromatic nitrogens is 10. The number of benzene rings is 4.